The van der Waals surface area contributed by atoms with E-state index in [-0.39, 0.29) is 6.04 Å². The van der Waals surface area contributed by atoms with E-state index in [1.165, 1.54) is 0 Å². The first kappa shape index (κ1) is 20.2. The SMILES string of the molecule is COC1(c2ccc(Cl)cc2)CN(c2nc3c(c(NC4CCOCC4)n2)[S@](=O)CC3)C1. The Bertz CT molecular complexity index is 959. The summed E-state index contributed by atoms with van der Waals surface area (Å²) in [4.78, 5) is 12.5. The fourth-order valence-corrected chi connectivity index (χ4v) is 5.79. The molecule has 7 nitrogen and oxygen atoms in total. The normalized spacial score (nSPS) is 23.1. The summed E-state index contributed by atoms with van der Waals surface area (Å²) in [6.07, 6.45) is 2.57. The molecule has 0 unspecified atom stereocenters. The van der Waals surface area contributed by atoms with Crippen LogP contribution in [-0.4, -0.2) is 59.4 Å². The third-order valence-electron chi connectivity index (χ3n) is 6.17. The number of fused-ring (bicyclic) bond motifs is 1. The smallest absolute Gasteiger partial charge is 0.227 e. The number of halogens is 1. The largest absolute Gasteiger partial charge is 0.381 e. The van der Waals surface area contributed by atoms with E-state index < -0.39 is 16.4 Å². The van der Waals surface area contributed by atoms with Crippen LogP contribution in [0.1, 0.15) is 24.1 Å². The number of aromatic nitrogens is 2. The molecule has 0 amide bonds. The number of nitrogens with one attached hydrogen (secondary N) is 1. The number of benzene rings is 1. The minimum absolute atomic E-state index is 0.284. The number of aryl methyl sites for hydroxylation is 1. The van der Waals surface area contributed by atoms with Crippen LogP contribution in [-0.2, 0) is 32.3 Å². The number of ether oxygens (including phenoxy) is 2. The zero-order chi connectivity index (χ0) is 20.7. The van der Waals surface area contributed by atoms with E-state index in [1.54, 1.807) is 7.11 Å². The highest BCUT2D eigenvalue weighted by atomic mass is 35.5. The summed E-state index contributed by atoms with van der Waals surface area (Å²) >= 11 is 6.04. The summed E-state index contributed by atoms with van der Waals surface area (Å²) in [5, 5.41) is 4.24. The molecule has 1 aromatic heterocycles. The zero-order valence-corrected chi connectivity index (χ0v) is 18.5. The van der Waals surface area contributed by atoms with E-state index in [0.29, 0.717) is 29.8 Å². The Kier molecular flexibility index (Phi) is 5.43. The van der Waals surface area contributed by atoms with Gasteiger partial charge in [0.25, 0.3) is 0 Å². The molecule has 2 aromatic rings. The van der Waals surface area contributed by atoms with Gasteiger partial charge in [-0.1, -0.05) is 23.7 Å². The van der Waals surface area contributed by atoms with E-state index in [9.17, 15) is 4.21 Å². The van der Waals surface area contributed by atoms with Crippen molar-refractivity contribution in [1.82, 2.24) is 9.97 Å². The first-order valence-corrected chi connectivity index (χ1v) is 12.0. The topological polar surface area (TPSA) is 76.6 Å². The Morgan fingerprint density at radius 1 is 1.23 bits per heavy atom. The summed E-state index contributed by atoms with van der Waals surface area (Å²) < 4.78 is 23.9. The number of anilines is 2. The Morgan fingerprint density at radius 3 is 2.67 bits per heavy atom. The van der Waals surface area contributed by atoms with Gasteiger partial charge in [-0.05, 0) is 30.5 Å². The van der Waals surface area contributed by atoms with Gasteiger partial charge in [-0.3, -0.25) is 4.21 Å². The number of methoxy groups -OCH3 is 1. The third kappa shape index (κ3) is 3.60. The Hall–Kier alpha value is -1.74. The van der Waals surface area contributed by atoms with Crippen molar-refractivity contribution in [2.75, 3.05) is 49.4 Å². The maximum Gasteiger partial charge on any atom is 0.227 e. The van der Waals surface area contributed by atoms with Gasteiger partial charge in [0.2, 0.25) is 5.95 Å². The van der Waals surface area contributed by atoms with Gasteiger partial charge in [-0.15, -0.1) is 0 Å². The van der Waals surface area contributed by atoms with Crippen LogP contribution in [0.25, 0.3) is 0 Å². The lowest BCUT2D eigenvalue weighted by Crippen LogP contribution is -2.61. The van der Waals surface area contributed by atoms with Crippen LogP contribution < -0.4 is 10.2 Å². The second kappa shape index (κ2) is 8.07. The quantitative estimate of drug-likeness (QED) is 0.753. The van der Waals surface area contributed by atoms with Crippen molar-refractivity contribution in [3.63, 3.8) is 0 Å². The van der Waals surface area contributed by atoms with Crippen LogP contribution in [0.5, 0.6) is 0 Å². The molecule has 30 heavy (non-hydrogen) atoms. The third-order valence-corrected chi connectivity index (χ3v) is 7.89. The van der Waals surface area contributed by atoms with E-state index in [1.807, 2.05) is 24.3 Å². The molecule has 2 saturated heterocycles. The summed E-state index contributed by atoms with van der Waals surface area (Å²) in [6.45, 7) is 2.79. The lowest BCUT2D eigenvalue weighted by Gasteiger charge is -2.49. The highest BCUT2D eigenvalue weighted by Crippen LogP contribution is 2.39. The first-order chi connectivity index (χ1) is 14.6. The molecular formula is C21H25ClN4O3S. The van der Waals surface area contributed by atoms with E-state index >= 15 is 0 Å². The minimum atomic E-state index is -1.04. The molecule has 1 N–H and O–H groups in total. The molecule has 0 bridgehead atoms. The Balaban J connectivity index is 1.40. The van der Waals surface area contributed by atoms with Crippen molar-refractivity contribution in [3.8, 4) is 0 Å². The van der Waals surface area contributed by atoms with Gasteiger partial charge >= 0.3 is 0 Å². The predicted molar refractivity (Wildman–Crippen MR) is 117 cm³/mol. The summed E-state index contributed by atoms with van der Waals surface area (Å²) in [7, 11) is 0.690. The fourth-order valence-electron chi connectivity index (χ4n) is 4.35. The highest BCUT2D eigenvalue weighted by molar-refractivity contribution is 7.85. The average Bonchev–Trinajstić information content (AvgIpc) is 3.11. The van der Waals surface area contributed by atoms with Crippen molar-refractivity contribution in [2.45, 2.75) is 35.8 Å². The molecule has 1 atom stereocenters. The van der Waals surface area contributed by atoms with Crippen LogP contribution in [0, 0.1) is 0 Å². The predicted octanol–water partition coefficient (Wildman–Crippen LogP) is 2.75. The number of rotatable bonds is 5. The summed E-state index contributed by atoms with van der Waals surface area (Å²) in [5.41, 5.74) is 1.59. The molecule has 1 aromatic carbocycles. The van der Waals surface area contributed by atoms with Crippen LogP contribution in [0.3, 0.4) is 0 Å². The Morgan fingerprint density at radius 2 is 1.97 bits per heavy atom. The van der Waals surface area contributed by atoms with Gasteiger partial charge in [0.15, 0.2) is 0 Å². The molecule has 0 radical (unpaired) electrons. The fraction of sp³-hybridized carbons (Fsp3) is 0.524. The van der Waals surface area contributed by atoms with Gasteiger partial charge in [0, 0.05) is 43.6 Å². The van der Waals surface area contributed by atoms with Crippen molar-refractivity contribution in [3.05, 3.63) is 40.5 Å². The molecule has 2 fully saturated rings. The van der Waals surface area contributed by atoms with Crippen molar-refractivity contribution < 1.29 is 13.7 Å². The van der Waals surface area contributed by atoms with Crippen molar-refractivity contribution >= 4 is 34.2 Å². The molecule has 4 heterocycles. The van der Waals surface area contributed by atoms with E-state index in [2.05, 4.69) is 10.2 Å². The number of hydrogen-bond acceptors (Lipinski definition) is 7. The van der Waals surface area contributed by atoms with E-state index in [4.69, 9.17) is 31.0 Å². The molecule has 3 aliphatic rings. The average molecular weight is 449 g/mol. The lowest BCUT2D eigenvalue weighted by atomic mass is 9.86. The second-order valence-electron chi connectivity index (χ2n) is 8.04. The zero-order valence-electron chi connectivity index (χ0n) is 16.9. The molecule has 160 valence electrons. The molecular weight excluding hydrogens is 424 g/mol. The van der Waals surface area contributed by atoms with Crippen molar-refractivity contribution in [2.24, 2.45) is 0 Å². The first-order valence-electron chi connectivity index (χ1n) is 10.3. The van der Waals surface area contributed by atoms with Crippen LogP contribution >= 0.6 is 11.6 Å². The number of nitrogens with zero attached hydrogens (tertiary/aromatic N) is 3. The summed E-state index contributed by atoms with van der Waals surface area (Å²) in [6, 6.07) is 8.07. The molecule has 0 aliphatic carbocycles. The molecule has 0 saturated carbocycles. The molecule has 9 heteroatoms. The highest BCUT2D eigenvalue weighted by Gasteiger charge is 2.46. The van der Waals surface area contributed by atoms with E-state index in [0.717, 1.165) is 54.4 Å². The van der Waals surface area contributed by atoms with Gasteiger partial charge in [-0.2, -0.15) is 4.98 Å². The van der Waals surface area contributed by atoms with Gasteiger partial charge in [0.1, 0.15) is 16.3 Å². The number of hydrogen-bond donors (Lipinski definition) is 1. The van der Waals surface area contributed by atoms with Crippen molar-refractivity contribution in [1.29, 1.82) is 0 Å². The van der Waals surface area contributed by atoms with Gasteiger partial charge in [0.05, 0.1) is 29.6 Å². The standard InChI is InChI=1S/C21H25ClN4O3S/c1-28-21(14-2-4-15(22)5-3-14)12-26(13-21)20-24-17-8-11-30(27)18(17)19(25-20)23-16-6-9-29-10-7-16/h2-5,16H,6-13H2,1H3,(H,23,24,25)/t30-/m1/s1. The monoisotopic (exact) mass is 448 g/mol. The maximum absolute atomic E-state index is 12.6. The van der Waals surface area contributed by atoms with Crippen LogP contribution in [0.15, 0.2) is 29.2 Å². The Labute approximate surface area is 183 Å². The summed E-state index contributed by atoms with van der Waals surface area (Å²) in [5.74, 6) is 2.01. The molecule has 0 spiro atoms. The second-order valence-corrected chi connectivity index (χ2v) is 9.98. The lowest BCUT2D eigenvalue weighted by molar-refractivity contribution is -0.0390. The van der Waals surface area contributed by atoms with Crippen LogP contribution in [0.2, 0.25) is 5.02 Å². The molecule has 5 rings (SSSR count). The van der Waals surface area contributed by atoms with Gasteiger partial charge < -0.3 is 19.7 Å². The van der Waals surface area contributed by atoms with Gasteiger partial charge in [-0.25, -0.2) is 4.98 Å². The molecule has 3 aliphatic heterocycles. The van der Waals surface area contributed by atoms with Crippen LogP contribution in [0.4, 0.5) is 11.8 Å². The minimum Gasteiger partial charge on any atom is -0.381 e. The maximum atomic E-state index is 12.6.